The van der Waals surface area contributed by atoms with Crippen LogP contribution in [0, 0.1) is 6.07 Å². The van der Waals surface area contributed by atoms with Gasteiger partial charge in [0.1, 0.15) is 0 Å². The van der Waals surface area contributed by atoms with E-state index in [0.29, 0.717) is 0 Å². The Morgan fingerprint density at radius 1 is 0.926 bits per heavy atom. The Morgan fingerprint density at radius 3 is 2.22 bits per heavy atom. The van der Waals surface area contributed by atoms with Crippen molar-refractivity contribution in [2.75, 3.05) is 0 Å². The van der Waals surface area contributed by atoms with Gasteiger partial charge in [-0.15, -0.1) is 18.7 Å². The molecule has 0 aromatic heterocycles. The molecule has 3 aromatic rings. The van der Waals surface area contributed by atoms with Crippen LogP contribution in [0.3, 0.4) is 0 Å². The summed E-state index contributed by atoms with van der Waals surface area (Å²) in [6.07, 6.45) is 4.92. The second kappa shape index (κ2) is 16.0. The summed E-state index contributed by atoms with van der Waals surface area (Å²) in [7, 11) is 0. The van der Waals surface area contributed by atoms with Crippen LogP contribution in [0.15, 0.2) is 79.9 Å². The van der Waals surface area contributed by atoms with E-state index in [4.69, 9.17) is 0 Å². The van der Waals surface area contributed by atoms with Crippen LogP contribution < -0.4 is 24.8 Å². The van der Waals surface area contributed by atoms with Gasteiger partial charge in [0.25, 0.3) is 0 Å². The fourth-order valence-electron chi connectivity index (χ4n) is 2.96. The zero-order valence-corrected chi connectivity index (χ0v) is 21.0. The Bertz CT molecular complexity index is 692. The Kier molecular flexibility index (Phi) is 16.7. The number of hydrogen-bond acceptors (Lipinski definition) is 0. The second-order valence-electron chi connectivity index (χ2n) is 5.79. The molecule has 0 radical (unpaired) electrons. The number of benzene rings is 2. The molecule has 4 rings (SSSR count). The van der Waals surface area contributed by atoms with E-state index in [2.05, 4.69) is 86.8 Å². The van der Waals surface area contributed by atoms with Crippen LogP contribution in [0.1, 0.15) is 36.5 Å². The van der Waals surface area contributed by atoms with Crippen LogP contribution >= 0.6 is 0 Å². The molecule has 0 N–H and O–H groups in total. The fraction of sp³-hybridized carbons (Fsp3) is 0.208. The van der Waals surface area contributed by atoms with Gasteiger partial charge < -0.3 is 24.8 Å². The third kappa shape index (κ3) is 8.25. The average Bonchev–Trinajstić information content (AvgIpc) is 3.29. The summed E-state index contributed by atoms with van der Waals surface area (Å²) < 4.78 is 0. The summed E-state index contributed by atoms with van der Waals surface area (Å²) in [6.45, 7) is 8.23. The maximum absolute atomic E-state index is 3.30. The number of rotatable bonds is 3. The fourth-order valence-corrected chi connectivity index (χ4v) is 2.96. The molecule has 27 heavy (non-hydrogen) atoms. The van der Waals surface area contributed by atoms with E-state index >= 15 is 0 Å². The van der Waals surface area contributed by atoms with E-state index in [9.17, 15) is 0 Å². The minimum atomic E-state index is 0. The van der Waals surface area contributed by atoms with Crippen LogP contribution in [-0.2, 0) is 38.7 Å². The SMILES string of the molecule is C=C.CCCC[c-]1cccc1.[Cl-].[Cl-].[Hf+4].[c-]1cccc2c1Cc1ccccc1-2. The van der Waals surface area contributed by atoms with Crippen molar-refractivity contribution in [1.29, 1.82) is 0 Å². The Hall–Kier alpha value is -1.02. The molecular weight excluding hydrogens is 538 g/mol. The number of unbranched alkanes of at least 4 members (excludes halogenated alkanes) is 1. The molecule has 0 saturated heterocycles. The van der Waals surface area contributed by atoms with E-state index in [1.807, 2.05) is 6.07 Å². The average molecular weight is 564 g/mol. The molecule has 0 aliphatic heterocycles. The number of halogens is 2. The van der Waals surface area contributed by atoms with Crippen molar-refractivity contribution in [3.05, 3.63) is 103 Å². The topological polar surface area (TPSA) is 0 Å². The third-order valence-electron chi connectivity index (χ3n) is 4.17. The first-order valence-electron chi connectivity index (χ1n) is 8.67. The monoisotopic (exact) mass is 564 g/mol. The smallest absolute Gasteiger partial charge is 1.00 e. The molecular formula is C24H26Cl2Hf. The van der Waals surface area contributed by atoms with Crippen LogP contribution in [-0.4, -0.2) is 0 Å². The van der Waals surface area contributed by atoms with E-state index in [-0.39, 0.29) is 50.7 Å². The van der Waals surface area contributed by atoms with Gasteiger partial charge in [-0.3, -0.25) is 0 Å². The number of hydrogen-bond donors (Lipinski definition) is 0. The molecule has 0 fully saturated rings. The van der Waals surface area contributed by atoms with E-state index in [0.717, 1.165) is 6.42 Å². The molecule has 1 aliphatic rings. The maximum atomic E-state index is 3.30. The predicted octanol–water partition coefficient (Wildman–Crippen LogP) is 0.614. The molecule has 0 bridgehead atoms. The van der Waals surface area contributed by atoms with Gasteiger partial charge >= 0.3 is 25.8 Å². The van der Waals surface area contributed by atoms with E-state index in [1.165, 1.54) is 47.1 Å². The summed E-state index contributed by atoms with van der Waals surface area (Å²) in [5.74, 6) is 0. The van der Waals surface area contributed by atoms with Crippen molar-refractivity contribution < 1.29 is 50.7 Å². The van der Waals surface area contributed by atoms with Crippen LogP contribution in [0.25, 0.3) is 11.1 Å². The summed E-state index contributed by atoms with van der Waals surface area (Å²) in [5.41, 5.74) is 6.99. The van der Waals surface area contributed by atoms with Crippen LogP contribution in [0.2, 0.25) is 0 Å². The van der Waals surface area contributed by atoms with Crippen molar-refractivity contribution in [3.8, 4) is 11.1 Å². The quantitative estimate of drug-likeness (QED) is 0.195. The Labute approximate surface area is 196 Å². The molecule has 0 atom stereocenters. The zero-order chi connectivity index (χ0) is 17.2. The maximum Gasteiger partial charge on any atom is 4.00 e. The van der Waals surface area contributed by atoms with Gasteiger partial charge in [0.05, 0.1) is 0 Å². The van der Waals surface area contributed by atoms with Crippen molar-refractivity contribution >= 4 is 0 Å². The summed E-state index contributed by atoms with van der Waals surface area (Å²) >= 11 is 0. The minimum Gasteiger partial charge on any atom is -1.00 e. The molecule has 3 aromatic carbocycles. The van der Waals surface area contributed by atoms with Gasteiger partial charge in [0, 0.05) is 0 Å². The van der Waals surface area contributed by atoms with Crippen molar-refractivity contribution in [2.24, 2.45) is 0 Å². The predicted molar refractivity (Wildman–Crippen MR) is 105 cm³/mol. The number of aryl methyl sites for hydroxylation is 1. The van der Waals surface area contributed by atoms with Gasteiger partial charge in [-0.1, -0.05) is 61.6 Å². The molecule has 3 heteroatoms. The van der Waals surface area contributed by atoms with Gasteiger partial charge in [-0.2, -0.15) is 47.5 Å². The third-order valence-corrected chi connectivity index (χ3v) is 4.17. The molecule has 1 aliphatic carbocycles. The largest absolute Gasteiger partial charge is 4.00 e. The van der Waals surface area contributed by atoms with Gasteiger partial charge in [0.15, 0.2) is 0 Å². The standard InChI is InChI=1S/C13H9.C9H13.C2H4.2ClH.Hf/c1-3-7-12-10(5-1)9-11-6-2-4-8-13(11)12;1-2-3-6-9-7-4-5-8-9;1-2;;;/h1-5,7-8H,9H2;4-5,7-8H,2-3,6H2,1H3;1-2H2;2*1H;/q2*-1;;;;+4/p-2. The molecule has 0 heterocycles. The second-order valence-corrected chi connectivity index (χ2v) is 5.79. The first kappa shape index (κ1) is 28.2. The number of fused-ring (bicyclic) bond motifs is 3. The van der Waals surface area contributed by atoms with E-state index in [1.54, 1.807) is 0 Å². The summed E-state index contributed by atoms with van der Waals surface area (Å²) in [4.78, 5) is 0. The summed E-state index contributed by atoms with van der Waals surface area (Å²) in [6, 6.07) is 26.7. The van der Waals surface area contributed by atoms with Gasteiger partial charge in [-0.05, 0) is 6.42 Å². The molecule has 0 nitrogen and oxygen atoms in total. The first-order valence-corrected chi connectivity index (χ1v) is 8.67. The van der Waals surface area contributed by atoms with Crippen molar-refractivity contribution in [2.45, 2.75) is 32.6 Å². The van der Waals surface area contributed by atoms with Crippen LogP contribution in [0.5, 0.6) is 0 Å². The Balaban J connectivity index is 0. The molecule has 140 valence electrons. The van der Waals surface area contributed by atoms with Crippen LogP contribution in [0.4, 0.5) is 0 Å². The Morgan fingerprint density at radius 2 is 1.56 bits per heavy atom. The molecule has 0 unspecified atom stereocenters. The normalized spacial score (nSPS) is 9.37. The summed E-state index contributed by atoms with van der Waals surface area (Å²) in [5, 5.41) is 0. The minimum absolute atomic E-state index is 0. The molecule has 0 amide bonds. The van der Waals surface area contributed by atoms with Crippen molar-refractivity contribution in [3.63, 3.8) is 0 Å². The van der Waals surface area contributed by atoms with Crippen molar-refractivity contribution in [1.82, 2.24) is 0 Å². The molecule has 0 saturated carbocycles. The first-order chi connectivity index (χ1) is 11.9. The van der Waals surface area contributed by atoms with E-state index < -0.39 is 0 Å². The van der Waals surface area contributed by atoms with Gasteiger partial charge in [0.2, 0.25) is 0 Å². The zero-order valence-electron chi connectivity index (χ0n) is 15.8. The van der Waals surface area contributed by atoms with Gasteiger partial charge in [-0.25, -0.2) is 12.1 Å². The molecule has 0 spiro atoms.